The summed E-state index contributed by atoms with van der Waals surface area (Å²) in [5.74, 6) is -0.411. The van der Waals surface area contributed by atoms with Crippen molar-refractivity contribution < 1.29 is 9.53 Å². The Morgan fingerprint density at radius 3 is 3.09 bits per heavy atom. The Morgan fingerprint density at radius 1 is 1.91 bits per heavy atom. The van der Waals surface area contributed by atoms with Crippen LogP contribution in [0.1, 0.15) is 17.3 Å². The molecule has 5 heteroatoms. The summed E-state index contributed by atoms with van der Waals surface area (Å²) in [6.07, 6.45) is 0. The highest BCUT2D eigenvalue weighted by molar-refractivity contribution is 7.04. The van der Waals surface area contributed by atoms with E-state index >= 15 is 0 Å². The van der Waals surface area contributed by atoms with Crippen LogP contribution >= 0.6 is 23.1 Å². The number of carbonyl (C=O) groups excluding carboxylic acids is 1. The van der Waals surface area contributed by atoms with Crippen LogP contribution in [0.5, 0.6) is 0 Å². The van der Waals surface area contributed by atoms with Crippen LogP contribution in [0.4, 0.5) is 0 Å². The lowest BCUT2D eigenvalue weighted by Gasteiger charge is -1.96. The molecule has 0 aliphatic heterocycles. The van der Waals surface area contributed by atoms with E-state index in [1.165, 1.54) is 0 Å². The summed E-state index contributed by atoms with van der Waals surface area (Å²) in [5.41, 5.74) is 0.346. The van der Waals surface area contributed by atoms with Crippen molar-refractivity contribution in [2.45, 2.75) is 6.92 Å². The van der Waals surface area contributed by atoms with Crippen LogP contribution in [-0.2, 0) is 4.74 Å². The fourth-order valence-corrected chi connectivity index (χ4v) is 1.44. The summed E-state index contributed by atoms with van der Waals surface area (Å²) in [6.45, 7) is 2.09. The van der Waals surface area contributed by atoms with E-state index in [2.05, 4.69) is 4.37 Å². The van der Waals surface area contributed by atoms with Gasteiger partial charge in [-0.3, -0.25) is 0 Å². The van der Waals surface area contributed by atoms with Crippen molar-refractivity contribution in [3.05, 3.63) is 16.1 Å². The second kappa shape index (κ2) is 3.69. The van der Waals surface area contributed by atoms with Crippen LogP contribution in [0.25, 0.3) is 0 Å². The van der Waals surface area contributed by atoms with Gasteiger partial charge in [0.2, 0.25) is 0 Å². The minimum atomic E-state index is -0.411. The first-order valence-corrected chi connectivity index (χ1v) is 4.24. The van der Waals surface area contributed by atoms with Crippen molar-refractivity contribution in [2.24, 2.45) is 0 Å². The Bertz CT molecular complexity index is 261. The molecule has 0 aromatic carbocycles. The van der Waals surface area contributed by atoms with Gasteiger partial charge in [-0.2, -0.15) is 4.37 Å². The SMILES string of the molecule is CCOC(=O)c1csnc1Cl. The van der Waals surface area contributed by atoms with Gasteiger partial charge in [0.25, 0.3) is 0 Å². The van der Waals surface area contributed by atoms with Crippen LogP contribution in [0.3, 0.4) is 0 Å². The molecule has 0 bridgehead atoms. The van der Waals surface area contributed by atoms with E-state index in [9.17, 15) is 4.79 Å². The van der Waals surface area contributed by atoms with Crippen molar-refractivity contribution in [3.8, 4) is 0 Å². The van der Waals surface area contributed by atoms with Crippen LogP contribution in [0.2, 0.25) is 5.15 Å². The van der Waals surface area contributed by atoms with E-state index in [1.54, 1.807) is 12.3 Å². The number of halogens is 1. The largest absolute Gasteiger partial charge is 0.462 e. The zero-order chi connectivity index (χ0) is 8.27. The smallest absolute Gasteiger partial charge is 0.342 e. The Labute approximate surface area is 73.1 Å². The molecule has 0 spiro atoms. The first kappa shape index (κ1) is 8.49. The normalized spacial score (nSPS) is 9.64. The molecule has 0 radical (unpaired) electrons. The Kier molecular flexibility index (Phi) is 2.84. The lowest BCUT2D eigenvalue weighted by molar-refractivity contribution is 0.0527. The molecule has 0 amide bonds. The standard InChI is InChI=1S/C6H6ClNO2S/c1-2-10-6(9)4-3-11-8-5(4)7/h3H,2H2,1H3. The first-order chi connectivity index (χ1) is 5.25. The highest BCUT2D eigenvalue weighted by Crippen LogP contribution is 2.16. The predicted octanol–water partition coefficient (Wildman–Crippen LogP) is 1.97. The third-order valence-electron chi connectivity index (χ3n) is 1.02. The van der Waals surface area contributed by atoms with Crippen molar-refractivity contribution >= 4 is 29.1 Å². The zero-order valence-corrected chi connectivity index (χ0v) is 7.41. The molecule has 0 unspecified atom stereocenters. The van der Waals surface area contributed by atoms with Crippen LogP contribution in [0, 0.1) is 0 Å². The summed E-state index contributed by atoms with van der Waals surface area (Å²) in [7, 11) is 0. The van der Waals surface area contributed by atoms with E-state index in [4.69, 9.17) is 16.3 Å². The third-order valence-corrected chi connectivity index (χ3v) is 2.04. The number of hydrogen-bond acceptors (Lipinski definition) is 4. The molecular formula is C6H6ClNO2S. The first-order valence-electron chi connectivity index (χ1n) is 3.02. The van der Waals surface area contributed by atoms with Gasteiger partial charge in [0.15, 0.2) is 5.15 Å². The molecular weight excluding hydrogens is 186 g/mol. The average Bonchev–Trinajstić information content (AvgIpc) is 2.36. The fraction of sp³-hybridized carbons (Fsp3) is 0.333. The second-order valence-corrected chi connectivity index (χ2v) is 2.73. The average molecular weight is 192 g/mol. The number of carbonyl (C=O) groups is 1. The summed E-state index contributed by atoms with van der Waals surface area (Å²) < 4.78 is 8.44. The van der Waals surface area contributed by atoms with E-state index in [1.807, 2.05) is 0 Å². The maximum absolute atomic E-state index is 11.0. The quantitative estimate of drug-likeness (QED) is 0.671. The summed E-state index contributed by atoms with van der Waals surface area (Å²) in [5, 5.41) is 1.79. The number of nitrogens with zero attached hydrogens (tertiary/aromatic N) is 1. The summed E-state index contributed by atoms with van der Waals surface area (Å²) >= 11 is 6.71. The van der Waals surface area contributed by atoms with Gasteiger partial charge in [-0.15, -0.1) is 0 Å². The van der Waals surface area contributed by atoms with Gasteiger partial charge in [0.05, 0.1) is 6.61 Å². The molecule has 11 heavy (non-hydrogen) atoms. The fourth-order valence-electron chi connectivity index (χ4n) is 0.564. The van der Waals surface area contributed by atoms with Crippen LogP contribution in [0.15, 0.2) is 5.38 Å². The minimum absolute atomic E-state index is 0.216. The number of hydrogen-bond donors (Lipinski definition) is 0. The molecule has 0 atom stereocenters. The highest BCUT2D eigenvalue weighted by atomic mass is 35.5. The van der Waals surface area contributed by atoms with Crippen molar-refractivity contribution in [3.63, 3.8) is 0 Å². The molecule has 3 nitrogen and oxygen atoms in total. The van der Waals surface area contributed by atoms with Crippen LogP contribution in [-0.4, -0.2) is 16.9 Å². The Hall–Kier alpha value is -0.610. The van der Waals surface area contributed by atoms with E-state index in [-0.39, 0.29) is 5.15 Å². The number of esters is 1. The molecule has 0 saturated heterocycles. The van der Waals surface area contributed by atoms with Gasteiger partial charge in [-0.25, -0.2) is 4.79 Å². The summed E-state index contributed by atoms with van der Waals surface area (Å²) in [4.78, 5) is 11.0. The van der Waals surface area contributed by atoms with Gasteiger partial charge in [-0.05, 0) is 18.5 Å². The van der Waals surface area contributed by atoms with E-state index < -0.39 is 5.97 Å². The molecule has 60 valence electrons. The van der Waals surface area contributed by atoms with Crippen molar-refractivity contribution in [2.75, 3.05) is 6.61 Å². The monoisotopic (exact) mass is 191 g/mol. The van der Waals surface area contributed by atoms with Gasteiger partial charge in [0.1, 0.15) is 5.56 Å². The van der Waals surface area contributed by atoms with Gasteiger partial charge in [0, 0.05) is 5.38 Å². The molecule has 1 aromatic rings. The number of ether oxygens (including phenoxy) is 1. The second-order valence-electron chi connectivity index (χ2n) is 1.74. The lowest BCUT2D eigenvalue weighted by atomic mass is 10.4. The maximum atomic E-state index is 11.0. The Morgan fingerprint density at radius 2 is 2.64 bits per heavy atom. The Balaban J connectivity index is 2.76. The molecule has 0 saturated carbocycles. The molecule has 1 heterocycles. The van der Waals surface area contributed by atoms with E-state index in [0.29, 0.717) is 12.2 Å². The van der Waals surface area contributed by atoms with Crippen molar-refractivity contribution in [1.82, 2.24) is 4.37 Å². The van der Waals surface area contributed by atoms with E-state index in [0.717, 1.165) is 11.5 Å². The van der Waals surface area contributed by atoms with Gasteiger partial charge < -0.3 is 4.74 Å². The predicted molar refractivity (Wildman–Crippen MR) is 43.1 cm³/mol. The third kappa shape index (κ3) is 1.91. The molecule has 1 rings (SSSR count). The molecule has 0 N–H and O–H groups in total. The molecule has 1 aromatic heterocycles. The topological polar surface area (TPSA) is 39.2 Å². The molecule has 0 aliphatic carbocycles. The number of rotatable bonds is 2. The van der Waals surface area contributed by atoms with Crippen molar-refractivity contribution in [1.29, 1.82) is 0 Å². The lowest BCUT2D eigenvalue weighted by Crippen LogP contribution is -2.03. The van der Waals surface area contributed by atoms with Gasteiger partial charge in [-0.1, -0.05) is 11.6 Å². The maximum Gasteiger partial charge on any atom is 0.342 e. The van der Waals surface area contributed by atoms with Gasteiger partial charge >= 0.3 is 5.97 Å². The van der Waals surface area contributed by atoms with Crippen LogP contribution < -0.4 is 0 Å². The summed E-state index contributed by atoms with van der Waals surface area (Å²) in [6, 6.07) is 0. The molecule has 0 aliphatic rings. The minimum Gasteiger partial charge on any atom is -0.462 e. The zero-order valence-electron chi connectivity index (χ0n) is 5.83. The highest BCUT2D eigenvalue weighted by Gasteiger charge is 2.12. The molecule has 0 fully saturated rings. The number of aromatic nitrogens is 1.